The number of nitrogens with zero attached hydrogens (tertiary/aromatic N) is 1. The summed E-state index contributed by atoms with van der Waals surface area (Å²) in [6, 6.07) is 16.0. The highest BCUT2D eigenvalue weighted by Crippen LogP contribution is 2.38. The number of carbonyl (C=O) groups is 1. The van der Waals surface area contributed by atoms with Crippen molar-refractivity contribution in [1.82, 2.24) is 10.2 Å². The van der Waals surface area contributed by atoms with Crippen LogP contribution in [0.5, 0.6) is 5.75 Å². The standard InChI is InChI=1S/C20H31NOS.C9H11NO2/c1-16-13-17-7-5-6-8-18(17)14-21(16)15-19(22)11-12-23-20-9-3-2-4-10-20;1-6-7(9(12)10-2)4-3-5-8(6)11/h2-4,9-10,16-19,22H,5-8,11-15H2,1H3;3-5,11H,1-2H3,(H,10,12)/t16-,17?,18?,19?;/m1./s1. The Morgan fingerprint density at radius 1 is 1.11 bits per heavy atom. The number of carbonyl (C=O) groups excluding carboxylic acids is 1. The minimum absolute atomic E-state index is 0.149. The van der Waals surface area contributed by atoms with Crippen LogP contribution >= 0.6 is 11.8 Å². The maximum atomic E-state index is 11.2. The van der Waals surface area contributed by atoms with Crippen LogP contribution in [0.4, 0.5) is 0 Å². The van der Waals surface area contributed by atoms with Gasteiger partial charge in [0.2, 0.25) is 0 Å². The van der Waals surface area contributed by atoms with Gasteiger partial charge in [0.25, 0.3) is 5.91 Å². The fraction of sp³-hybridized carbons (Fsp3) is 0.552. The number of aliphatic hydroxyl groups is 1. The zero-order chi connectivity index (χ0) is 25.2. The normalized spacial score (nSPS) is 22.9. The summed E-state index contributed by atoms with van der Waals surface area (Å²) in [6.07, 6.45) is 7.75. The molecule has 0 radical (unpaired) electrons. The SMILES string of the molecule is CNC(=O)c1cccc(O)c1C.C[C@@H]1CC2CCCCC2CN1CC(O)CCSc1ccccc1. The Balaban J connectivity index is 0.000000241. The van der Waals surface area contributed by atoms with Crippen molar-refractivity contribution >= 4 is 17.7 Å². The number of aliphatic hydroxyl groups excluding tert-OH is 1. The second kappa shape index (κ2) is 13.9. The van der Waals surface area contributed by atoms with Crippen molar-refractivity contribution in [3.05, 3.63) is 59.7 Å². The molecule has 5 nitrogen and oxygen atoms in total. The van der Waals surface area contributed by atoms with Gasteiger partial charge in [-0.3, -0.25) is 9.69 Å². The summed E-state index contributed by atoms with van der Waals surface area (Å²) in [4.78, 5) is 15.0. The van der Waals surface area contributed by atoms with E-state index in [0.29, 0.717) is 17.2 Å². The average Bonchev–Trinajstić information content (AvgIpc) is 2.87. The molecule has 4 rings (SSSR count). The number of likely N-dealkylation sites (tertiary alicyclic amines) is 1. The molecule has 6 heteroatoms. The summed E-state index contributed by atoms with van der Waals surface area (Å²) in [5, 5.41) is 22.2. The average molecular weight is 499 g/mol. The number of phenolic OH excluding ortho intramolecular Hbond substituents is 1. The number of phenols is 1. The van der Waals surface area contributed by atoms with E-state index in [1.807, 2.05) is 11.8 Å². The van der Waals surface area contributed by atoms with Crippen LogP contribution in [0.15, 0.2) is 53.4 Å². The number of benzene rings is 2. The fourth-order valence-corrected chi connectivity index (χ4v) is 6.33. The maximum Gasteiger partial charge on any atom is 0.251 e. The van der Waals surface area contributed by atoms with Gasteiger partial charge in [0.1, 0.15) is 5.75 Å². The van der Waals surface area contributed by atoms with E-state index in [1.54, 1.807) is 32.2 Å². The molecule has 2 aromatic carbocycles. The van der Waals surface area contributed by atoms with Crippen molar-refractivity contribution in [2.24, 2.45) is 11.8 Å². The third-order valence-electron chi connectivity index (χ3n) is 7.49. The van der Waals surface area contributed by atoms with Gasteiger partial charge in [0.15, 0.2) is 0 Å². The molecule has 1 amide bonds. The van der Waals surface area contributed by atoms with Crippen LogP contribution in [-0.2, 0) is 0 Å². The van der Waals surface area contributed by atoms with Gasteiger partial charge >= 0.3 is 0 Å². The number of piperidine rings is 1. The van der Waals surface area contributed by atoms with Crippen molar-refractivity contribution in [2.45, 2.75) is 69.4 Å². The smallest absolute Gasteiger partial charge is 0.251 e. The molecule has 35 heavy (non-hydrogen) atoms. The van der Waals surface area contributed by atoms with E-state index in [2.05, 4.69) is 47.5 Å². The van der Waals surface area contributed by atoms with Gasteiger partial charge in [-0.1, -0.05) is 43.5 Å². The van der Waals surface area contributed by atoms with Crippen LogP contribution in [0.2, 0.25) is 0 Å². The predicted molar refractivity (Wildman–Crippen MR) is 145 cm³/mol. The second-order valence-corrected chi connectivity index (χ2v) is 11.1. The molecule has 2 aromatic rings. The van der Waals surface area contributed by atoms with Crippen LogP contribution < -0.4 is 5.32 Å². The highest BCUT2D eigenvalue weighted by Gasteiger charge is 2.35. The molecular weight excluding hydrogens is 456 g/mol. The number of nitrogens with one attached hydrogen (secondary N) is 1. The van der Waals surface area contributed by atoms with Crippen LogP contribution in [0.3, 0.4) is 0 Å². The van der Waals surface area contributed by atoms with Gasteiger partial charge in [-0.05, 0) is 69.2 Å². The number of rotatable bonds is 7. The molecule has 0 bridgehead atoms. The van der Waals surface area contributed by atoms with E-state index < -0.39 is 0 Å². The summed E-state index contributed by atoms with van der Waals surface area (Å²) < 4.78 is 0. The Bertz CT molecular complexity index is 923. The van der Waals surface area contributed by atoms with Gasteiger partial charge in [0.05, 0.1) is 6.10 Å². The number of thioether (sulfide) groups is 1. The highest BCUT2D eigenvalue weighted by molar-refractivity contribution is 7.99. The number of aromatic hydroxyl groups is 1. The third-order valence-corrected chi connectivity index (χ3v) is 8.53. The Labute approximate surface area is 215 Å². The van der Waals surface area contributed by atoms with Gasteiger partial charge in [-0.2, -0.15) is 0 Å². The molecule has 192 valence electrons. The van der Waals surface area contributed by atoms with E-state index in [-0.39, 0.29) is 17.8 Å². The Morgan fingerprint density at radius 2 is 1.83 bits per heavy atom. The summed E-state index contributed by atoms with van der Waals surface area (Å²) in [6.45, 7) is 6.14. The zero-order valence-corrected chi connectivity index (χ0v) is 22.3. The summed E-state index contributed by atoms with van der Waals surface area (Å²) in [7, 11) is 1.56. The van der Waals surface area contributed by atoms with Crippen molar-refractivity contribution in [2.75, 3.05) is 25.9 Å². The predicted octanol–water partition coefficient (Wildman–Crippen LogP) is 5.49. The van der Waals surface area contributed by atoms with Crippen LogP contribution in [-0.4, -0.2) is 59.1 Å². The number of hydrogen-bond donors (Lipinski definition) is 3. The van der Waals surface area contributed by atoms with Crippen LogP contribution in [0.1, 0.15) is 61.4 Å². The van der Waals surface area contributed by atoms with Gasteiger partial charge < -0.3 is 15.5 Å². The largest absolute Gasteiger partial charge is 0.508 e. The maximum absolute atomic E-state index is 11.2. The van der Waals surface area contributed by atoms with E-state index in [9.17, 15) is 15.0 Å². The van der Waals surface area contributed by atoms with Crippen molar-refractivity contribution in [3.8, 4) is 5.75 Å². The quantitative estimate of drug-likeness (QED) is 0.440. The molecular formula is C29H42N2O3S. The molecule has 3 N–H and O–H groups in total. The minimum atomic E-state index is -0.186. The monoisotopic (exact) mass is 498 g/mol. The van der Waals surface area contributed by atoms with Gasteiger partial charge in [-0.25, -0.2) is 0 Å². The number of hydrogen-bond acceptors (Lipinski definition) is 5. The van der Waals surface area contributed by atoms with Crippen molar-refractivity contribution in [1.29, 1.82) is 0 Å². The van der Waals surface area contributed by atoms with Crippen LogP contribution in [0, 0.1) is 18.8 Å². The summed E-state index contributed by atoms with van der Waals surface area (Å²) in [5.74, 6) is 2.82. The first-order valence-electron chi connectivity index (χ1n) is 13.0. The molecule has 2 fully saturated rings. The molecule has 1 saturated carbocycles. The fourth-order valence-electron chi connectivity index (χ4n) is 5.35. The molecule has 1 saturated heterocycles. The first-order valence-corrected chi connectivity index (χ1v) is 14.0. The van der Waals surface area contributed by atoms with E-state index in [4.69, 9.17) is 0 Å². The third kappa shape index (κ3) is 8.26. The van der Waals surface area contributed by atoms with E-state index in [1.165, 1.54) is 43.5 Å². The highest BCUT2D eigenvalue weighted by atomic mass is 32.2. The lowest BCUT2D eigenvalue weighted by Crippen LogP contribution is -2.49. The molecule has 1 aliphatic carbocycles. The zero-order valence-electron chi connectivity index (χ0n) is 21.5. The Kier molecular flexibility index (Phi) is 11.0. The molecule has 3 unspecified atom stereocenters. The number of fused-ring (bicyclic) bond motifs is 1. The Hall–Kier alpha value is -2.02. The van der Waals surface area contributed by atoms with E-state index >= 15 is 0 Å². The van der Waals surface area contributed by atoms with Crippen molar-refractivity contribution < 1.29 is 15.0 Å². The lowest BCUT2D eigenvalue weighted by Gasteiger charge is -2.45. The van der Waals surface area contributed by atoms with Gasteiger partial charge in [-0.15, -0.1) is 11.8 Å². The summed E-state index contributed by atoms with van der Waals surface area (Å²) >= 11 is 1.85. The molecule has 0 spiro atoms. The van der Waals surface area contributed by atoms with Crippen molar-refractivity contribution in [3.63, 3.8) is 0 Å². The Morgan fingerprint density at radius 3 is 2.54 bits per heavy atom. The first-order chi connectivity index (χ1) is 16.9. The minimum Gasteiger partial charge on any atom is -0.508 e. The topological polar surface area (TPSA) is 72.8 Å². The number of amides is 1. The molecule has 1 aliphatic heterocycles. The lowest BCUT2D eigenvalue weighted by molar-refractivity contribution is 0.0131. The molecule has 1 heterocycles. The lowest BCUT2D eigenvalue weighted by atomic mass is 9.73. The second-order valence-electron chi connectivity index (χ2n) is 9.98. The van der Waals surface area contributed by atoms with Gasteiger partial charge in [0, 0.05) is 48.0 Å². The molecule has 4 atom stereocenters. The first kappa shape index (κ1) is 27.6. The van der Waals surface area contributed by atoms with Crippen LogP contribution in [0.25, 0.3) is 0 Å². The molecule has 2 aliphatic rings. The number of β-amino-alcohol motifs (C(OH)–C–C–N with tert-alkyl or cyclic N) is 1. The summed E-state index contributed by atoms with van der Waals surface area (Å²) in [5.41, 5.74) is 1.12. The van der Waals surface area contributed by atoms with E-state index in [0.717, 1.165) is 30.6 Å². The molecule has 0 aromatic heterocycles.